The van der Waals surface area contributed by atoms with Gasteiger partial charge in [0, 0.05) is 28.0 Å². The van der Waals surface area contributed by atoms with Crippen LogP contribution in [0.15, 0.2) is 59.8 Å². The van der Waals surface area contributed by atoms with E-state index < -0.39 is 0 Å². The topological polar surface area (TPSA) is 70.1 Å². The minimum atomic E-state index is -0.269. The number of carbonyl (C=O) groups excluding carboxylic acids is 1. The first-order valence-corrected chi connectivity index (χ1v) is 8.39. The lowest BCUT2D eigenvalue weighted by Crippen LogP contribution is -2.19. The van der Waals surface area contributed by atoms with Gasteiger partial charge in [0.25, 0.3) is 5.91 Å². The van der Waals surface area contributed by atoms with Crippen LogP contribution >= 0.6 is 0 Å². The molecule has 0 radical (unpaired) electrons. The van der Waals surface area contributed by atoms with E-state index in [1.807, 2.05) is 68.6 Å². The monoisotopic (exact) mass is 342 g/mol. The number of pyridine rings is 1. The number of rotatable bonds is 3. The number of hydrazone groups is 1. The van der Waals surface area contributed by atoms with Crippen LogP contribution in [-0.4, -0.2) is 22.1 Å². The van der Waals surface area contributed by atoms with Crippen molar-refractivity contribution in [1.82, 2.24) is 15.4 Å². The van der Waals surface area contributed by atoms with Crippen LogP contribution in [0.3, 0.4) is 0 Å². The Kier molecular flexibility index (Phi) is 3.97. The molecule has 1 amide bonds. The van der Waals surface area contributed by atoms with Crippen LogP contribution in [0.5, 0.6) is 0 Å². The van der Waals surface area contributed by atoms with Crippen molar-refractivity contribution in [3.63, 3.8) is 0 Å². The van der Waals surface area contributed by atoms with E-state index in [2.05, 4.69) is 20.5 Å². The minimum absolute atomic E-state index is 0.269. The van der Waals surface area contributed by atoms with Gasteiger partial charge in [-0.2, -0.15) is 5.10 Å². The Balaban J connectivity index is 1.58. The lowest BCUT2D eigenvalue weighted by molar-refractivity contribution is 0.0954. The van der Waals surface area contributed by atoms with Crippen LogP contribution in [0.4, 0.5) is 0 Å². The van der Waals surface area contributed by atoms with Gasteiger partial charge in [-0.15, -0.1) is 0 Å². The Bertz CT molecular complexity index is 1160. The van der Waals surface area contributed by atoms with E-state index in [0.717, 1.165) is 32.9 Å². The fourth-order valence-electron chi connectivity index (χ4n) is 3.04. The lowest BCUT2D eigenvalue weighted by atomic mass is 10.1. The Morgan fingerprint density at radius 1 is 1.15 bits per heavy atom. The number of benzene rings is 2. The summed E-state index contributed by atoms with van der Waals surface area (Å²) in [6.07, 6.45) is 3.51. The van der Waals surface area contributed by atoms with E-state index in [0.29, 0.717) is 11.3 Å². The number of amides is 1. The summed E-state index contributed by atoms with van der Waals surface area (Å²) in [7, 11) is 0. The average molecular weight is 342 g/mol. The molecule has 0 saturated carbocycles. The van der Waals surface area contributed by atoms with Crippen LogP contribution < -0.4 is 5.43 Å². The summed E-state index contributed by atoms with van der Waals surface area (Å²) >= 11 is 0. The van der Waals surface area contributed by atoms with Crippen molar-refractivity contribution < 1.29 is 4.79 Å². The molecule has 4 rings (SSSR count). The summed E-state index contributed by atoms with van der Waals surface area (Å²) in [5.41, 5.74) is 7.77. The van der Waals surface area contributed by atoms with Crippen molar-refractivity contribution in [2.45, 2.75) is 13.8 Å². The van der Waals surface area contributed by atoms with E-state index in [9.17, 15) is 4.79 Å². The molecule has 26 heavy (non-hydrogen) atoms. The summed E-state index contributed by atoms with van der Waals surface area (Å²) in [4.78, 5) is 20.2. The Hall–Kier alpha value is -3.47. The number of aryl methyl sites for hydroxylation is 2. The van der Waals surface area contributed by atoms with Crippen LogP contribution in [0, 0.1) is 13.8 Å². The van der Waals surface area contributed by atoms with Crippen molar-refractivity contribution in [2.75, 3.05) is 0 Å². The third kappa shape index (κ3) is 2.95. The number of nitrogens with one attached hydrogen (secondary N) is 2. The molecule has 5 nitrogen and oxygen atoms in total. The van der Waals surface area contributed by atoms with Crippen molar-refractivity contribution in [1.29, 1.82) is 0 Å². The summed E-state index contributed by atoms with van der Waals surface area (Å²) < 4.78 is 0. The Labute approximate surface area is 150 Å². The van der Waals surface area contributed by atoms with Crippen LogP contribution in [0.2, 0.25) is 0 Å². The molecule has 0 aliphatic carbocycles. The summed E-state index contributed by atoms with van der Waals surface area (Å²) in [5.74, 6) is -0.269. The fourth-order valence-corrected chi connectivity index (χ4v) is 3.04. The second kappa shape index (κ2) is 6.44. The summed E-state index contributed by atoms with van der Waals surface area (Å²) in [6, 6.07) is 15.8. The van der Waals surface area contributed by atoms with Gasteiger partial charge in [-0.1, -0.05) is 29.8 Å². The maximum Gasteiger partial charge on any atom is 0.273 e. The molecule has 0 aliphatic heterocycles. The first-order chi connectivity index (χ1) is 12.6. The molecule has 2 N–H and O–H groups in total. The molecular formula is C21H18N4O. The Morgan fingerprint density at radius 2 is 2.00 bits per heavy atom. The molecule has 2 aromatic carbocycles. The maximum absolute atomic E-state index is 12.5. The predicted octanol–water partition coefficient (Wildman–Crippen LogP) is 4.10. The normalized spacial score (nSPS) is 11.5. The van der Waals surface area contributed by atoms with Gasteiger partial charge in [0.1, 0.15) is 0 Å². The SMILES string of the molecule is Cc1ccc2nc(C)c(C(=O)NN=Cc3c[nH]c4ccccc34)cc2c1. The zero-order chi connectivity index (χ0) is 18.1. The van der Waals surface area contributed by atoms with Gasteiger partial charge < -0.3 is 4.98 Å². The van der Waals surface area contributed by atoms with Crippen molar-refractivity contribution in [3.8, 4) is 0 Å². The number of nitrogens with zero attached hydrogens (tertiary/aromatic N) is 2. The molecule has 2 aromatic heterocycles. The molecule has 0 unspecified atom stereocenters. The van der Waals surface area contributed by atoms with Crippen molar-refractivity contribution >= 4 is 33.9 Å². The van der Waals surface area contributed by atoms with Gasteiger partial charge in [0.15, 0.2) is 0 Å². The molecular weight excluding hydrogens is 324 g/mol. The van der Waals surface area contributed by atoms with Gasteiger partial charge >= 0.3 is 0 Å². The number of H-pyrrole nitrogens is 1. The highest BCUT2D eigenvalue weighted by molar-refractivity contribution is 6.01. The zero-order valence-electron chi connectivity index (χ0n) is 14.6. The maximum atomic E-state index is 12.5. The number of para-hydroxylation sites is 1. The number of aromatic nitrogens is 2. The highest BCUT2D eigenvalue weighted by atomic mass is 16.2. The van der Waals surface area contributed by atoms with Gasteiger partial charge in [-0.25, -0.2) is 5.43 Å². The highest BCUT2D eigenvalue weighted by Crippen LogP contribution is 2.18. The first kappa shape index (κ1) is 16.0. The number of hydrogen-bond acceptors (Lipinski definition) is 3. The third-order valence-electron chi connectivity index (χ3n) is 4.40. The molecule has 4 aromatic rings. The standard InChI is InChI=1S/C21H18N4O/c1-13-7-8-19-15(9-13)10-18(14(2)24-19)21(26)25-23-12-16-11-22-20-6-4-3-5-17(16)20/h3-12,22H,1-2H3,(H,25,26). The first-order valence-electron chi connectivity index (χ1n) is 8.39. The number of carbonyl (C=O) groups is 1. The van der Waals surface area contributed by atoms with Crippen LogP contribution in [-0.2, 0) is 0 Å². The smallest absolute Gasteiger partial charge is 0.273 e. The summed E-state index contributed by atoms with van der Waals surface area (Å²) in [6.45, 7) is 3.85. The van der Waals surface area contributed by atoms with E-state index >= 15 is 0 Å². The average Bonchev–Trinajstić information content (AvgIpc) is 3.05. The molecule has 0 saturated heterocycles. The number of fused-ring (bicyclic) bond motifs is 2. The second-order valence-corrected chi connectivity index (χ2v) is 6.31. The van der Waals surface area contributed by atoms with Gasteiger partial charge in [0.05, 0.1) is 23.0 Å². The molecule has 0 atom stereocenters. The molecule has 5 heteroatoms. The number of aromatic amines is 1. The van der Waals surface area contributed by atoms with Gasteiger partial charge in [0.2, 0.25) is 0 Å². The van der Waals surface area contributed by atoms with Crippen molar-refractivity contribution in [3.05, 3.63) is 77.1 Å². The van der Waals surface area contributed by atoms with E-state index in [4.69, 9.17) is 0 Å². The third-order valence-corrected chi connectivity index (χ3v) is 4.40. The molecule has 128 valence electrons. The highest BCUT2D eigenvalue weighted by Gasteiger charge is 2.11. The van der Waals surface area contributed by atoms with Gasteiger partial charge in [-0.05, 0) is 38.1 Å². The molecule has 0 bridgehead atoms. The predicted molar refractivity (Wildman–Crippen MR) is 105 cm³/mol. The largest absolute Gasteiger partial charge is 0.361 e. The van der Waals surface area contributed by atoms with Crippen LogP contribution in [0.1, 0.15) is 27.2 Å². The zero-order valence-corrected chi connectivity index (χ0v) is 14.6. The Morgan fingerprint density at radius 3 is 2.88 bits per heavy atom. The van der Waals surface area contributed by atoms with E-state index in [1.165, 1.54) is 0 Å². The van der Waals surface area contributed by atoms with E-state index in [1.54, 1.807) is 6.21 Å². The fraction of sp³-hybridized carbons (Fsp3) is 0.0952. The van der Waals surface area contributed by atoms with Crippen LogP contribution in [0.25, 0.3) is 21.8 Å². The van der Waals surface area contributed by atoms with E-state index in [-0.39, 0.29) is 5.91 Å². The summed E-state index contributed by atoms with van der Waals surface area (Å²) in [5, 5.41) is 6.11. The molecule has 0 aliphatic rings. The van der Waals surface area contributed by atoms with Crippen molar-refractivity contribution in [2.24, 2.45) is 5.10 Å². The molecule has 0 spiro atoms. The lowest BCUT2D eigenvalue weighted by Gasteiger charge is -2.06. The minimum Gasteiger partial charge on any atom is -0.361 e. The molecule has 0 fully saturated rings. The van der Waals surface area contributed by atoms with Gasteiger partial charge in [-0.3, -0.25) is 9.78 Å². The molecule has 2 heterocycles. The number of hydrogen-bond donors (Lipinski definition) is 2. The second-order valence-electron chi connectivity index (χ2n) is 6.31. The quantitative estimate of drug-likeness (QED) is 0.435.